The van der Waals surface area contributed by atoms with Gasteiger partial charge in [0.15, 0.2) is 11.0 Å². The maximum Gasteiger partial charge on any atom is 0.234 e. The zero-order valence-corrected chi connectivity index (χ0v) is 18.9. The number of para-hydroxylation sites is 1. The summed E-state index contributed by atoms with van der Waals surface area (Å²) in [7, 11) is 0. The molecule has 2 aromatic rings. The number of hydrogen-bond donors (Lipinski definition) is 1. The lowest BCUT2D eigenvalue weighted by Gasteiger charge is -2.32. The largest absolute Gasteiger partial charge is 0.337 e. The van der Waals surface area contributed by atoms with E-state index in [4.69, 9.17) is 0 Å². The number of benzene rings is 1. The topological polar surface area (TPSA) is 86.8 Å². The zero-order valence-electron chi connectivity index (χ0n) is 18.1. The van der Waals surface area contributed by atoms with Gasteiger partial charge in [-0.25, -0.2) is 0 Å². The number of rotatable bonds is 7. The summed E-state index contributed by atoms with van der Waals surface area (Å²) in [5, 5.41) is 22.0. The van der Waals surface area contributed by atoms with Gasteiger partial charge in [-0.05, 0) is 57.8 Å². The molecule has 1 aliphatic carbocycles. The van der Waals surface area contributed by atoms with Crippen molar-refractivity contribution in [3.63, 3.8) is 0 Å². The van der Waals surface area contributed by atoms with Crippen molar-refractivity contribution in [1.29, 1.82) is 5.26 Å². The normalized spacial score (nSPS) is 19.6. The molecule has 31 heavy (non-hydrogen) atoms. The third-order valence-electron chi connectivity index (χ3n) is 6.21. The third kappa shape index (κ3) is 5.10. The quantitative estimate of drug-likeness (QED) is 0.664. The minimum atomic E-state index is -0.724. The second-order valence-corrected chi connectivity index (χ2v) is 9.86. The Morgan fingerprint density at radius 2 is 1.87 bits per heavy atom. The molecule has 1 saturated carbocycles. The summed E-state index contributed by atoms with van der Waals surface area (Å²) in [6.45, 7) is 4.79. The lowest BCUT2D eigenvalue weighted by atomic mass is 9.83. The molecule has 8 heteroatoms. The Morgan fingerprint density at radius 3 is 2.55 bits per heavy atom. The summed E-state index contributed by atoms with van der Waals surface area (Å²) >= 11 is 1.40. The van der Waals surface area contributed by atoms with E-state index in [1.165, 1.54) is 24.6 Å². The Kier molecular flexibility index (Phi) is 6.93. The molecule has 1 aliphatic heterocycles. The molecule has 0 bridgehead atoms. The van der Waals surface area contributed by atoms with Crippen LogP contribution in [0.5, 0.6) is 0 Å². The van der Waals surface area contributed by atoms with Gasteiger partial charge < -0.3 is 5.32 Å². The van der Waals surface area contributed by atoms with Gasteiger partial charge in [-0.3, -0.25) is 14.3 Å². The molecule has 0 radical (unpaired) electrons. The lowest BCUT2D eigenvalue weighted by molar-refractivity contribution is -0.121. The molecule has 2 aliphatic rings. The van der Waals surface area contributed by atoms with Crippen LogP contribution in [0, 0.1) is 11.3 Å². The summed E-state index contributed by atoms with van der Waals surface area (Å²) in [4.78, 5) is 15.4. The van der Waals surface area contributed by atoms with Crippen molar-refractivity contribution in [2.45, 2.75) is 74.4 Å². The molecule has 1 saturated heterocycles. The number of carbonyl (C=O) groups is 1. The van der Waals surface area contributed by atoms with E-state index in [2.05, 4.69) is 31.1 Å². The van der Waals surface area contributed by atoms with E-state index in [9.17, 15) is 10.1 Å². The molecule has 2 heterocycles. The minimum absolute atomic E-state index is 0.114. The van der Waals surface area contributed by atoms with Gasteiger partial charge in [0.05, 0.1) is 17.9 Å². The predicted octanol–water partition coefficient (Wildman–Crippen LogP) is 3.69. The van der Waals surface area contributed by atoms with Crippen LogP contribution in [-0.4, -0.2) is 49.4 Å². The monoisotopic (exact) mass is 438 g/mol. The molecule has 1 amide bonds. The number of nitriles is 1. The Hall–Kier alpha value is -2.37. The average molecular weight is 439 g/mol. The van der Waals surface area contributed by atoms with E-state index in [1.54, 1.807) is 0 Å². The fourth-order valence-corrected chi connectivity index (χ4v) is 5.31. The molecular formula is C23H30N6OS. The zero-order chi connectivity index (χ0) is 21.7. The standard InChI is InChI=1S/C23H30N6OS/c1-18(21(30)25-23(17-24)12-6-3-7-13-23)31-22-27-26-20(16-28-14-8-9-15-28)29(22)19-10-4-2-5-11-19/h2,4-5,10-11,18H,3,6-9,12-16H2,1H3,(H,25,30). The number of nitrogens with one attached hydrogen (secondary N) is 1. The van der Waals surface area contributed by atoms with Crippen molar-refractivity contribution < 1.29 is 4.79 Å². The minimum Gasteiger partial charge on any atom is -0.337 e. The van der Waals surface area contributed by atoms with Crippen molar-refractivity contribution in [2.24, 2.45) is 0 Å². The fraction of sp³-hybridized carbons (Fsp3) is 0.565. The number of thioether (sulfide) groups is 1. The number of nitrogens with zero attached hydrogens (tertiary/aromatic N) is 5. The second kappa shape index (κ2) is 9.84. The lowest BCUT2D eigenvalue weighted by Crippen LogP contribution is -2.51. The highest BCUT2D eigenvalue weighted by Crippen LogP contribution is 2.30. The van der Waals surface area contributed by atoms with Crippen molar-refractivity contribution in [2.75, 3.05) is 13.1 Å². The average Bonchev–Trinajstić information content (AvgIpc) is 3.45. The van der Waals surface area contributed by atoms with E-state index >= 15 is 0 Å². The van der Waals surface area contributed by atoms with E-state index < -0.39 is 5.54 Å². The molecular weight excluding hydrogens is 408 g/mol. The summed E-state index contributed by atoms with van der Waals surface area (Å²) in [6, 6.07) is 12.4. The SMILES string of the molecule is CC(Sc1nnc(CN2CCCC2)n1-c1ccccc1)C(=O)NC1(C#N)CCCCC1. The first kappa shape index (κ1) is 21.8. The van der Waals surface area contributed by atoms with Crippen molar-refractivity contribution in [3.8, 4) is 11.8 Å². The van der Waals surface area contributed by atoms with Gasteiger partial charge in [-0.1, -0.05) is 49.2 Å². The Balaban J connectivity index is 1.52. The van der Waals surface area contributed by atoms with Gasteiger partial charge in [-0.15, -0.1) is 10.2 Å². The Morgan fingerprint density at radius 1 is 1.16 bits per heavy atom. The molecule has 0 spiro atoms. The van der Waals surface area contributed by atoms with E-state index in [-0.39, 0.29) is 11.2 Å². The molecule has 1 aromatic heterocycles. The van der Waals surface area contributed by atoms with Crippen LogP contribution in [0.15, 0.2) is 35.5 Å². The van der Waals surface area contributed by atoms with Gasteiger partial charge >= 0.3 is 0 Å². The predicted molar refractivity (Wildman–Crippen MR) is 121 cm³/mol. The molecule has 1 atom stereocenters. The van der Waals surface area contributed by atoms with E-state index in [0.717, 1.165) is 63.3 Å². The van der Waals surface area contributed by atoms with Crippen molar-refractivity contribution >= 4 is 17.7 Å². The number of amides is 1. The first-order valence-electron chi connectivity index (χ1n) is 11.2. The van der Waals surface area contributed by atoms with Gasteiger partial charge in [-0.2, -0.15) is 5.26 Å². The van der Waals surface area contributed by atoms with Crippen molar-refractivity contribution in [3.05, 3.63) is 36.2 Å². The second-order valence-electron chi connectivity index (χ2n) is 8.56. The molecule has 1 unspecified atom stereocenters. The summed E-state index contributed by atoms with van der Waals surface area (Å²) in [5.41, 5.74) is 0.274. The molecule has 1 aromatic carbocycles. The van der Waals surface area contributed by atoms with Gasteiger partial charge in [0.1, 0.15) is 5.54 Å². The first-order chi connectivity index (χ1) is 15.1. The van der Waals surface area contributed by atoms with Crippen LogP contribution in [0.3, 0.4) is 0 Å². The summed E-state index contributed by atoms with van der Waals surface area (Å²) < 4.78 is 2.06. The maximum atomic E-state index is 13.0. The van der Waals surface area contributed by atoms with Crippen LogP contribution in [0.4, 0.5) is 0 Å². The highest BCUT2D eigenvalue weighted by Gasteiger charge is 2.35. The van der Waals surface area contributed by atoms with Crippen molar-refractivity contribution in [1.82, 2.24) is 25.0 Å². The van der Waals surface area contributed by atoms with Gasteiger partial charge in [0.2, 0.25) is 5.91 Å². The fourth-order valence-electron chi connectivity index (χ4n) is 4.43. The van der Waals surface area contributed by atoms with Crippen LogP contribution in [-0.2, 0) is 11.3 Å². The number of aromatic nitrogens is 3. The number of carbonyl (C=O) groups excluding carboxylic acids is 1. The highest BCUT2D eigenvalue weighted by atomic mass is 32.2. The van der Waals surface area contributed by atoms with Gasteiger partial charge in [0.25, 0.3) is 0 Å². The first-order valence-corrected chi connectivity index (χ1v) is 12.1. The smallest absolute Gasteiger partial charge is 0.234 e. The van der Waals surface area contributed by atoms with E-state index in [0.29, 0.717) is 5.16 Å². The van der Waals surface area contributed by atoms with Crippen LogP contribution in [0.2, 0.25) is 0 Å². The molecule has 7 nitrogen and oxygen atoms in total. The number of likely N-dealkylation sites (tertiary alicyclic amines) is 1. The summed E-state index contributed by atoms with van der Waals surface area (Å²) in [5.74, 6) is 0.779. The summed E-state index contributed by atoms with van der Waals surface area (Å²) in [6.07, 6.45) is 7.00. The third-order valence-corrected chi connectivity index (χ3v) is 7.26. The van der Waals surface area contributed by atoms with Crippen LogP contribution in [0.1, 0.15) is 57.7 Å². The molecule has 4 rings (SSSR count). The molecule has 1 N–H and O–H groups in total. The Labute approximate surface area is 188 Å². The van der Waals surface area contributed by atoms with Crippen LogP contribution >= 0.6 is 11.8 Å². The molecule has 2 fully saturated rings. The molecule has 164 valence electrons. The Bertz CT molecular complexity index is 925. The maximum absolute atomic E-state index is 13.0. The van der Waals surface area contributed by atoms with Crippen LogP contribution < -0.4 is 5.32 Å². The van der Waals surface area contributed by atoms with Crippen LogP contribution in [0.25, 0.3) is 5.69 Å². The van der Waals surface area contributed by atoms with Gasteiger partial charge in [0, 0.05) is 5.69 Å². The number of hydrogen-bond acceptors (Lipinski definition) is 6. The van der Waals surface area contributed by atoms with E-state index in [1.807, 2.05) is 37.3 Å². The highest BCUT2D eigenvalue weighted by molar-refractivity contribution is 8.00.